The summed E-state index contributed by atoms with van der Waals surface area (Å²) in [4.78, 5) is 0. The van der Waals surface area contributed by atoms with Gasteiger partial charge in [0, 0.05) is 6.61 Å². The van der Waals surface area contributed by atoms with Gasteiger partial charge < -0.3 is 10.1 Å². The van der Waals surface area contributed by atoms with Crippen molar-refractivity contribution >= 4 is 0 Å². The topological polar surface area (TPSA) is 23.3 Å². The van der Waals surface area contributed by atoms with E-state index in [0.29, 0.717) is 11.3 Å². The number of rotatable bonds is 2. The van der Waals surface area contributed by atoms with E-state index in [0.717, 1.165) is 19.8 Å². The van der Waals surface area contributed by atoms with E-state index in [1.807, 2.05) is 7.05 Å². The van der Waals surface area contributed by atoms with Crippen molar-refractivity contribution in [1.29, 1.82) is 0 Å². The van der Waals surface area contributed by atoms with Gasteiger partial charge in [0.2, 0.25) is 0 Å². The molecule has 1 aliphatic rings. The summed E-state index contributed by atoms with van der Waals surface area (Å²) >= 11 is 0. The first-order valence-electron chi connectivity index (χ1n) is 3.80. The van der Waals surface area contributed by atoms with Gasteiger partial charge in [-0.05, 0) is 11.3 Å². The first-order chi connectivity index (χ1) is 4.67. The fraction of sp³-hybridized carbons (Fsp3) is 1.00. The summed E-state index contributed by atoms with van der Waals surface area (Å²) in [6.45, 7) is 7.23. The smallest absolute Gasteiger partial charge is 0.0520 e. The molecule has 10 heavy (non-hydrogen) atoms. The van der Waals surface area contributed by atoms with Crippen molar-refractivity contribution in [1.82, 2.24) is 0 Å². The second-order valence-corrected chi connectivity index (χ2v) is 3.70. The Hall–Kier alpha value is -0.0800. The van der Waals surface area contributed by atoms with Gasteiger partial charge in [0.05, 0.1) is 6.61 Å². The van der Waals surface area contributed by atoms with E-state index in [2.05, 4.69) is 19.2 Å². The number of hydrogen-bond donors (Lipinski definition) is 0. The van der Waals surface area contributed by atoms with Crippen LogP contribution in [0.3, 0.4) is 0 Å². The summed E-state index contributed by atoms with van der Waals surface area (Å²) < 4.78 is 5.36. The van der Waals surface area contributed by atoms with Gasteiger partial charge in [0.1, 0.15) is 0 Å². The van der Waals surface area contributed by atoms with Crippen LogP contribution in [0, 0.1) is 11.3 Å². The summed E-state index contributed by atoms with van der Waals surface area (Å²) in [5.41, 5.74) is 0.347. The number of nitrogens with zero attached hydrogens (tertiary/aromatic N) is 1. The van der Waals surface area contributed by atoms with Crippen LogP contribution in [0.4, 0.5) is 0 Å². The third kappa shape index (κ3) is 1.50. The highest BCUT2D eigenvalue weighted by Crippen LogP contribution is 2.33. The molecule has 0 radical (unpaired) electrons. The van der Waals surface area contributed by atoms with E-state index in [1.54, 1.807) is 0 Å². The fourth-order valence-electron chi connectivity index (χ4n) is 1.33. The first-order valence-corrected chi connectivity index (χ1v) is 3.80. The van der Waals surface area contributed by atoms with Crippen LogP contribution in [-0.4, -0.2) is 26.8 Å². The molecular weight excluding hydrogens is 126 g/mol. The minimum absolute atomic E-state index is 0.347. The maximum atomic E-state index is 5.36. The maximum absolute atomic E-state index is 5.36. The molecule has 0 aromatic carbocycles. The minimum atomic E-state index is 0.347. The molecule has 1 fully saturated rings. The predicted octanol–water partition coefficient (Wildman–Crippen LogP) is 1.66. The molecule has 1 heterocycles. The van der Waals surface area contributed by atoms with Crippen LogP contribution in [0.2, 0.25) is 0 Å². The molecule has 1 unspecified atom stereocenters. The SMILES string of the molecule is C[N-]CC1COCC1(C)C. The van der Waals surface area contributed by atoms with Crippen LogP contribution < -0.4 is 0 Å². The lowest BCUT2D eigenvalue weighted by atomic mass is 9.82. The van der Waals surface area contributed by atoms with Gasteiger partial charge in [-0.25, -0.2) is 0 Å². The van der Waals surface area contributed by atoms with Gasteiger partial charge in [-0.2, -0.15) is 7.05 Å². The Balaban J connectivity index is 2.43. The van der Waals surface area contributed by atoms with Crippen LogP contribution in [0.1, 0.15) is 13.8 Å². The molecule has 2 nitrogen and oxygen atoms in total. The van der Waals surface area contributed by atoms with E-state index in [4.69, 9.17) is 4.74 Å². The van der Waals surface area contributed by atoms with Gasteiger partial charge in [0.15, 0.2) is 0 Å². The molecular formula is C8H16NO-. The molecule has 0 aromatic heterocycles. The van der Waals surface area contributed by atoms with Crippen LogP contribution in [0.5, 0.6) is 0 Å². The zero-order valence-corrected chi connectivity index (χ0v) is 7.05. The Labute approximate surface area is 63.0 Å². The van der Waals surface area contributed by atoms with Gasteiger partial charge >= 0.3 is 0 Å². The molecule has 0 N–H and O–H groups in total. The van der Waals surface area contributed by atoms with Crippen LogP contribution >= 0.6 is 0 Å². The molecule has 0 bridgehead atoms. The van der Waals surface area contributed by atoms with E-state index >= 15 is 0 Å². The lowest BCUT2D eigenvalue weighted by Crippen LogP contribution is -2.24. The summed E-state index contributed by atoms with van der Waals surface area (Å²) in [5.74, 6) is 0.637. The summed E-state index contributed by atoms with van der Waals surface area (Å²) in [6, 6.07) is 0. The minimum Gasteiger partial charge on any atom is -0.665 e. The van der Waals surface area contributed by atoms with Crippen molar-refractivity contribution in [2.75, 3.05) is 26.8 Å². The Kier molecular flexibility index (Phi) is 2.32. The monoisotopic (exact) mass is 142 g/mol. The van der Waals surface area contributed by atoms with Crippen molar-refractivity contribution in [3.05, 3.63) is 5.32 Å². The standard InChI is InChI=1S/C8H16NO/c1-8(2)6-10-5-7(8)4-9-3/h7H,4-6H2,1-3H3/q-1. The molecule has 1 atom stereocenters. The van der Waals surface area contributed by atoms with Crippen molar-refractivity contribution in [3.63, 3.8) is 0 Å². The number of ether oxygens (including phenoxy) is 1. The highest BCUT2D eigenvalue weighted by molar-refractivity contribution is 4.90. The second-order valence-electron chi connectivity index (χ2n) is 3.70. The Morgan fingerprint density at radius 3 is 2.70 bits per heavy atom. The summed E-state index contributed by atoms with van der Waals surface area (Å²) in [6.07, 6.45) is 0. The highest BCUT2D eigenvalue weighted by atomic mass is 16.5. The number of hydrogen-bond acceptors (Lipinski definition) is 1. The molecule has 0 amide bonds. The lowest BCUT2D eigenvalue weighted by Gasteiger charge is -2.29. The molecule has 0 aromatic rings. The molecule has 0 spiro atoms. The van der Waals surface area contributed by atoms with Crippen LogP contribution in [0.25, 0.3) is 5.32 Å². The quantitative estimate of drug-likeness (QED) is 0.575. The average molecular weight is 142 g/mol. The first kappa shape index (κ1) is 8.02. The third-order valence-electron chi connectivity index (χ3n) is 2.30. The zero-order chi connectivity index (χ0) is 7.61. The Morgan fingerprint density at radius 2 is 2.30 bits per heavy atom. The Bertz CT molecular complexity index is 112. The molecule has 60 valence electrons. The second kappa shape index (κ2) is 2.89. The van der Waals surface area contributed by atoms with E-state index in [-0.39, 0.29) is 0 Å². The lowest BCUT2D eigenvalue weighted by molar-refractivity contribution is 0.166. The van der Waals surface area contributed by atoms with E-state index < -0.39 is 0 Å². The zero-order valence-electron chi connectivity index (χ0n) is 7.05. The van der Waals surface area contributed by atoms with Crippen LogP contribution in [-0.2, 0) is 4.74 Å². The molecule has 2 heteroatoms. The third-order valence-corrected chi connectivity index (χ3v) is 2.30. The molecule has 1 aliphatic heterocycles. The molecule has 0 aliphatic carbocycles. The van der Waals surface area contributed by atoms with Gasteiger partial charge in [-0.1, -0.05) is 13.8 Å². The van der Waals surface area contributed by atoms with Gasteiger partial charge in [-0.15, -0.1) is 6.54 Å². The largest absolute Gasteiger partial charge is 0.665 e. The van der Waals surface area contributed by atoms with Crippen molar-refractivity contribution < 1.29 is 4.74 Å². The maximum Gasteiger partial charge on any atom is 0.0520 e. The van der Waals surface area contributed by atoms with Crippen molar-refractivity contribution in [2.24, 2.45) is 11.3 Å². The Morgan fingerprint density at radius 1 is 1.60 bits per heavy atom. The normalized spacial score (nSPS) is 30.9. The fourth-order valence-corrected chi connectivity index (χ4v) is 1.33. The van der Waals surface area contributed by atoms with Gasteiger partial charge in [0.25, 0.3) is 0 Å². The summed E-state index contributed by atoms with van der Waals surface area (Å²) in [5, 5.41) is 4.13. The van der Waals surface area contributed by atoms with E-state index in [9.17, 15) is 0 Å². The predicted molar refractivity (Wildman–Crippen MR) is 42.2 cm³/mol. The molecule has 0 saturated carbocycles. The molecule has 1 saturated heterocycles. The van der Waals surface area contributed by atoms with Crippen LogP contribution in [0.15, 0.2) is 0 Å². The van der Waals surface area contributed by atoms with E-state index in [1.165, 1.54) is 0 Å². The molecule has 1 rings (SSSR count). The van der Waals surface area contributed by atoms with Crippen molar-refractivity contribution in [3.8, 4) is 0 Å². The van der Waals surface area contributed by atoms with Gasteiger partial charge in [-0.3, -0.25) is 0 Å². The average Bonchev–Trinajstić information content (AvgIpc) is 2.13. The summed E-state index contributed by atoms with van der Waals surface area (Å²) in [7, 11) is 1.87. The highest BCUT2D eigenvalue weighted by Gasteiger charge is 2.32. The van der Waals surface area contributed by atoms with Crippen molar-refractivity contribution in [2.45, 2.75) is 13.8 Å².